The van der Waals surface area contributed by atoms with Crippen LogP contribution in [0.4, 0.5) is 11.4 Å². The minimum atomic E-state index is -3.75. The molecule has 3 rings (SSSR count). The average Bonchev–Trinajstić information content (AvgIpc) is 2.73. The number of nitrogens with two attached hydrogens (primary N) is 1. The highest BCUT2D eigenvalue weighted by Crippen LogP contribution is 2.24. The Morgan fingerprint density at radius 1 is 0.933 bits per heavy atom. The van der Waals surface area contributed by atoms with E-state index in [-0.39, 0.29) is 17.2 Å². The van der Waals surface area contributed by atoms with Gasteiger partial charge in [-0.15, -0.1) is 0 Å². The van der Waals surface area contributed by atoms with E-state index < -0.39 is 10.0 Å². The summed E-state index contributed by atoms with van der Waals surface area (Å²) in [4.78, 5) is 14.2. The van der Waals surface area contributed by atoms with Gasteiger partial charge in [0.1, 0.15) is 11.5 Å². The first-order valence-corrected chi connectivity index (χ1v) is 10.8. The predicted molar refractivity (Wildman–Crippen MR) is 117 cm³/mol. The van der Waals surface area contributed by atoms with Gasteiger partial charge in [0, 0.05) is 31.4 Å². The number of nitrogens with zero attached hydrogens (tertiary/aromatic N) is 1. The smallest absolute Gasteiger partial charge is 0.238 e. The average molecular weight is 426 g/mol. The van der Waals surface area contributed by atoms with Crippen LogP contribution in [-0.4, -0.2) is 27.9 Å². The fourth-order valence-corrected chi connectivity index (χ4v) is 3.26. The zero-order valence-electron chi connectivity index (χ0n) is 16.5. The number of nitrogens with one attached hydrogen (secondary N) is 1. The normalized spacial score (nSPS) is 11.0. The van der Waals surface area contributed by atoms with Crippen molar-refractivity contribution in [1.29, 1.82) is 0 Å². The molecule has 1 amide bonds. The van der Waals surface area contributed by atoms with Crippen molar-refractivity contribution in [3.05, 3.63) is 78.9 Å². The van der Waals surface area contributed by atoms with Crippen molar-refractivity contribution in [2.24, 2.45) is 5.14 Å². The van der Waals surface area contributed by atoms with E-state index in [9.17, 15) is 13.2 Å². The Labute approximate surface area is 176 Å². The highest BCUT2D eigenvalue weighted by atomic mass is 32.2. The number of hydrogen-bond donors (Lipinski definition) is 2. The van der Waals surface area contributed by atoms with E-state index in [0.717, 1.165) is 17.2 Å². The number of carbonyl (C=O) groups is 1. The van der Waals surface area contributed by atoms with Crippen molar-refractivity contribution in [3.63, 3.8) is 0 Å². The van der Waals surface area contributed by atoms with E-state index in [4.69, 9.17) is 9.88 Å². The van der Waals surface area contributed by atoms with Crippen LogP contribution in [0, 0.1) is 0 Å². The molecule has 0 saturated heterocycles. The predicted octanol–water partition coefficient (Wildman–Crippen LogP) is 3.59. The number of sulfonamides is 1. The molecule has 0 bridgehead atoms. The van der Waals surface area contributed by atoms with Gasteiger partial charge < -0.3 is 15.0 Å². The van der Waals surface area contributed by atoms with Crippen molar-refractivity contribution in [1.82, 2.24) is 0 Å². The number of carbonyl (C=O) groups excluding carboxylic acids is 1. The van der Waals surface area contributed by atoms with Gasteiger partial charge in [0.25, 0.3) is 0 Å². The summed E-state index contributed by atoms with van der Waals surface area (Å²) in [5.41, 5.74) is 1.47. The first kappa shape index (κ1) is 21.4. The summed E-state index contributed by atoms with van der Waals surface area (Å²) in [6, 6.07) is 22.9. The van der Waals surface area contributed by atoms with Gasteiger partial charge in [-0.1, -0.05) is 18.2 Å². The fourth-order valence-electron chi connectivity index (χ4n) is 2.74. The molecule has 0 aliphatic heterocycles. The third kappa shape index (κ3) is 6.07. The SMILES string of the molecule is CN(CCC(=O)Nc1ccc(S(N)(=O)=O)cc1)c1ccc(Oc2ccccc2)cc1. The molecule has 3 N–H and O–H groups in total. The van der Waals surface area contributed by atoms with Crippen LogP contribution in [0.25, 0.3) is 0 Å². The molecule has 0 saturated carbocycles. The molecule has 0 aromatic heterocycles. The molecule has 0 fully saturated rings. The summed E-state index contributed by atoms with van der Waals surface area (Å²) in [7, 11) is -1.85. The number of benzene rings is 3. The lowest BCUT2D eigenvalue weighted by molar-refractivity contribution is -0.116. The number of rotatable bonds is 8. The van der Waals surface area contributed by atoms with E-state index in [0.29, 0.717) is 12.2 Å². The van der Waals surface area contributed by atoms with Crippen LogP contribution in [0.5, 0.6) is 11.5 Å². The monoisotopic (exact) mass is 425 g/mol. The fraction of sp³-hybridized carbons (Fsp3) is 0.136. The lowest BCUT2D eigenvalue weighted by Gasteiger charge is -2.19. The topological polar surface area (TPSA) is 102 Å². The third-order valence-corrected chi connectivity index (χ3v) is 5.33. The van der Waals surface area contributed by atoms with Gasteiger partial charge in [0.15, 0.2) is 0 Å². The van der Waals surface area contributed by atoms with Crippen molar-refractivity contribution in [2.45, 2.75) is 11.3 Å². The van der Waals surface area contributed by atoms with Gasteiger partial charge in [-0.05, 0) is 60.7 Å². The molecule has 0 aliphatic carbocycles. The first-order valence-electron chi connectivity index (χ1n) is 9.28. The lowest BCUT2D eigenvalue weighted by Crippen LogP contribution is -2.23. The summed E-state index contributed by atoms with van der Waals surface area (Å²) in [6.45, 7) is 0.514. The Hall–Kier alpha value is -3.36. The van der Waals surface area contributed by atoms with Gasteiger partial charge in [-0.2, -0.15) is 0 Å². The summed E-state index contributed by atoms with van der Waals surface area (Å²) < 4.78 is 28.3. The molecular weight excluding hydrogens is 402 g/mol. The number of primary sulfonamides is 1. The van der Waals surface area contributed by atoms with Crippen LogP contribution in [0.3, 0.4) is 0 Å². The number of anilines is 2. The molecule has 0 atom stereocenters. The van der Waals surface area contributed by atoms with E-state index in [2.05, 4.69) is 5.32 Å². The highest BCUT2D eigenvalue weighted by Gasteiger charge is 2.09. The quantitative estimate of drug-likeness (QED) is 0.574. The molecule has 8 heteroatoms. The second kappa shape index (κ2) is 9.43. The molecule has 3 aromatic carbocycles. The van der Waals surface area contributed by atoms with Crippen molar-refractivity contribution < 1.29 is 17.9 Å². The van der Waals surface area contributed by atoms with Gasteiger partial charge in [0.2, 0.25) is 15.9 Å². The standard InChI is InChI=1S/C22H23N3O4S/c1-25(18-9-11-20(12-10-18)29-19-5-3-2-4-6-19)16-15-22(26)24-17-7-13-21(14-8-17)30(23,27)28/h2-14H,15-16H2,1H3,(H,24,26)(H2,23,27,28). The maximum Gasteiger partial charge on any atom is 0.238 e. The molecule has 0 spiro atoms. The summed E-state index contributed by atoms with van der Waals surface area (Å²) >= 11 is 0. The van der Waals surface area contributed by atoms with Crippen LogP contribution >= 0.6 is 0 Å². The number of para-hydroxylation sites is 1. The van der Waals surface area contributed by atoms with Gasteiger partial charge in [0.05, 0.1) is 4.90 Å². The first-order chi connectivity index (χ1) is 14.3. The zero-order valence-corrected chi connectivity index (χ0v) is 17.3. The van der Waals surface area contributed by atoms with Crippen LogP contribution in [0.2, 0.25) is 0 Å². The van der Waals surface area contributed by atoms with Crippen LogP contribution < -0.4 is 20.1 Å². The van der Waals surface area contributed by atoms with Crippen LogP contribution in [0.15, 0.2) is 83.8 Å². The van der Waals surface area contributed by atoms with E-state index in [1.807, 2.05) is 66.5 Å². The minimum Gasteiger partial charge on any atom is -0.457 e. The molecule has 3 aromatic rings. The Balaban J connectivity index is 1.49. The number of amides is 1. The molecule has 156 valence electrons. The highest BCUT2D eigenvalue weighted by molar-refractivity contribution is 7.89. The second-order valence-corrected chi connectivity index (χ2v) is 8.26. The summed E-state index contributed by atoms with van der Waals surface area (Å²) in [5.74, 6) is 1.33. The molecular formula is C22H23N3O4S. The Kier molecular flexibility index (Phi) is 6.71. The van der Waals surface area contributed by atoms with Crippen LogP contribution in [-0.2, 0) is 14.8 Å². The number of ether oxygens (including phenoxy) is 1. The minimum absolute atomic E-state index is 0.0000712. The number of hydrogen-bond acceptors (Lipinski definition) is 5. The molecule has 0 unspecified atom stereocenters. The summed E-state index contributed by atoms with van der Waals surface area (Å²) in [6.07, 6.45) is 0.274. The molecule has 0 heterocycles. The van der Waals surface area contributed by atoms with Crippen molar-refractivity contribution in [3.8, 4) is 11.5 Å². The lowest BCUT2D eigenvalue weighted by atomic mass is 10.2. The molecule has 7 nitrogen and oxygen atoms in total. The van der Waals surface area contributed by atoms with Gasteiger partial charge in [-0.25, -0.2) is 13.6 Å². The summed E-state index contributed by atoms with van der Waals surface area (Å²) in [5, 5.41) is 7.81. The molecule has 0 radical (unpaired) electrons. The molecule has 30 heavy (non-hydrogen) atoms. The van der Waals surface area contributed by atoms with Crippen LogP contribution in [0.1, 0.15) is 6.42 Å². The van der Waals surface area contributed by atoms with E-state index >= 15 is 0 Å². The maximum absolute atomic E-state index is 12.2. The van der Waals surface area contributed by atoms with E-state index in [1.54, 1.807) is 0 Å². The van der Waals surface area contributed by atoms with Crippen molar-refractivity contribution in [2.75, 3.05) is 23.8 Å². The van der Waals surface area contributed by atoms with E-state index in [1.165, 1.54) is 24.3 Å². The largest absolute Gasteiger partial charge is 0.457 e. The molecule has 0 aliphatic rings. The maximum atomic E-state index is 12.2. The Bertz CT molecular complexity index is 1080. The third-order valence-electron chi connectivity index (χ3n) is 4.40. The Morgan fingerprint density at radius 3 is 2.13 bits per heavy atom. The van der Waals surface area contributed by atoms with Gasteiger partial charge >= 0.3 is 0 Å². The van der Waals surface area contributed by atoms with Gasteiger partial charge in [-0.3, -0.25) is 4.79 Å². The second-order valence-electron chi connectivity index (χ2n) is 6.70. The Morgan fingerprint density at radius 2 is 1.53 bits per heavy atom. The van der Waals surface area contributed by atoms with Crippen molar-refractivity contribution >= 4 is 27.3 Å². The zero-order chi connectivity index (χ0) is 21.6.